The molecule has 0 aromatic carbocycles. The lowest BCUT2D eigenvalue weighted by atomic mass is 10.1. The summed E-state index contributed by atoms with van der Waals surface area (Å²) in [5, 5.41) is 16.3. The molecule has 0 aliphatic heterocycles. The zero-order valence-corrected chi connectivity index (χ0v) is 13.5. The molecule has 1 fully saturated rings. The van der Waals surface area contributed by atoms with Crippen molar-refractivity contribution in [1.82, 2.24) is 15.1 Å². The van der Waals surface area contributed by atoms with Crippen molar-refractivity contribution < 1.29 is 14.7 Å². The number of aliphatic carboxylic acids is 1. The van der Waals surface area contributed by atoms with Gasteiger partial charge in [-0.15, -0.1) is 0 Å². The molecule has 1 heterocycles. The number of carbonyl (C=O) groups excluding carboxylic acids is 1. The number of rotatable bonds is 6. The molecular weight excluding hydrogens is 282 g/mol. The molecule has 1 aromatic heterocycles. The van der Waals surface area contributed by atoms with Crippen molar-refractivity contribution in [3.8, 4) is 0 Å². The van der Waals surface area contributed by atoms with Crippen LogP contribution in [0.25, 0.3) is 0 Å². The average Bonchev–Trinajstić information content (AvgIpc) is 3.08. The number of nitrogens with zero attached hydrogens (tertiary/aromatic N) is 2. The van der Waals surface area contributed by atoms with Crippen molar-refractivity contribution in [2.45, 2.75) is 65.0 Å². The quantitative estimate of drug-likeness (QED) is 0.846. The van der Waals surface area contributed by atoms with Crippen LogP contribution in [0.3, 0.4) is 0 Å². The van der Waals surface area contributed by atoms with Crippen LogP contribution in [0, 0.1) is 12.8 Å². The number of hydrogen-bond donors (Lipinski definition) is 2. The van der Waals surface area contributed by atoms with Crippen molar-refractivity contribution in [1.29, 1.82) is 0 Å². The maximum Gasteiger partial charge on any atom is 0.306 e. The monoisotopic (exact) mass is 307 g/mol. The Hall–Kier alpha value is -1.85. The van der Waals surface area contributed by atoms with Crippen molar-refractivity contribution in [2.24, 2.45) is 5.92 Å². The van der Waals surface area contributed by atoms with Crippen LogP contribution in [0.2, 0.25) is 0 Å². The Morgan fingerprint density at radius 3 is 2.64 bits per heavy atom. The summed E-state index contributed by atoms with van der Waals surface area (Å²) in [5.74, 6) is -1.25. The first-order chi connectivity index (χ1) is 10.5. The lowest BCUT2D eigenvalue weighted by molar-refractivity contribution is -0.141. The van der Waals surface area contributed by atoms with Gasteiger partial charge in [-0.1, -0.05) is 13.8 Å². The second kappa shape index (κ2) is 6.94. The van der Waals surface area contributed by atoms with E-state index in [-0.39, 0.29) is 17.9 Å². The van der Waals surface area contributed by atoms with Crippen LogP contribution in [-0.4, -0.2) is 32.8 Å². The number of carboxylic acid groups (broad SMARTS) is 1. The molecule has 0 saturated heterocycles. The zero-order chi connectivity index (χ0) is 16.3. The molecule has 1 aliphatic carbocycles. The lowest BCUT2D eigenvalue weighted by Gasteiger charge is -2.16. The van der Waals surface area contributed by atoms with Crippen LogP contribution in [0.1, 0.15) is 68.0 Å². The van der Waals surface area contributed by atoms with Gasteiger partial charge in [-0.05, 0) is 39.0 Å². The SMILES string of the molecule is CCC(CC)n1ncc(C(=O)N[C@H]2CC[C@@H](C(=O)O)C2)c1C. The normalized spacial score (nSPS) is 21.3. The summed E-state index contributed by atoms with van der Waals surface area (Å²) in [5.41, 5.74) is 1.46. The van der Waals surface area contributed by atoms with Crippen molar-refractivity contribution in [2.75, 3.05) is 0 Å². The van der Waals surface area contributed by atoms with Gasteiger partial charge in [0.2, 0.25) is 0 Å². The minimum absolute atomic E-state index is 0.0514. The molecule has 122 valence electrons. The predicted molar refractivity (Wildman–Crippen MR) is 82.8 cm³/mol. The molecule has 1 saturated carbocycles. The van der Waals surface area contributed by atoms with Gasteiger partial charge >= 0.3 is 5.97 Å². The Morgan fingerprint density at radius 2 is 2.09 bits per heavy atom. The van der Waals surface area contributed by atoms with Gasteiger partial charge < -0.3 is 10.4 Å². The third-order valence-electron chi connectivity index (χ3n) is 4.69. The second-order valence-corrected chi connectivity index (χ2v) is 6.08. The number of carboxylic acids is 1. The van der Waals surface area contributed by atoms with Crippen LogP contribution < -0.4 is 5.32 Å². The third-order valence-corrected chi connectivity index (χ3v) is 4.69. The van der Waals surface area contributed by atoms with Crippen molar-refractivity contribution in [3.63, 3.8) is 0 Å². The first-order valence-electron chi connectivity index (χ1n) is 8.05. The Balaban J connectivity index is 2.03. The highest BCUT2D eigenvalue weighted by Crippen LogP contribution is 2.26. The second-order valence-electron chi connectivity index (χ2n) is 6.08. The topological polar surface area (TPSA) is 84.2 Å². The minimum atomic E-state index is -0.769. The average molecular weight is 307 g/mol. The van der Waals surface area contributed by atoms with Crippen LogP contribution >= 0.6 is 0 Å². The molecule has 6 heteroatoms. The summed E-state index contributed by atoms with van der Waals surface area (Å²) in [4.78, 5) is 23.4. The molecule has 1 aromatic rings. The lowest BCUT2D eigenvalue weighted by Crippen LogP contribution is -2.33. The number of carbonyl (C=O) groups is 2. The van der Waals surface area contributed by atoms with Crippen molar-refractivity contribution >= 4 is 11.9 Å². The number of hydrogen-bond acceptors (Lipinski definition) is 3. The zero-order valence-electron chi connectivity index (χ0n) is 13.5. The van der Waals surface area contributed by atoms with Crippen LogP contribution in [0.15, 0.2) is 6.20 Å². The predicted octanol–water partition coefficient (Wildman–Crippen LogP) is 2.54. The van der Waals surface area contributed by atoms with Gasteiger partial charge in [0.05, 0.1) is 23.7 Å². The summed E-state index contributed by atoms with van der Waals surface area (Å²) in [7, 11) is 0. The highest BCUT2D eigenvalue weighted by atomic mass is 16.4. The van der Waals surface area contributed by atoms with E-state index < -0.39 is 5.97 Å². The molecule has 22 heavy (non-hydrogen) atoms. The molecule has 0 unspecified atom stereocenters. The van der Waals surface area contributed by atoms with Gasteiger partial charge in [0.25, 0.3) is 5.91 Å². The molecule has 2 N–H and O–H groups in total. The first-order valence-corrected chi connectivity index (χ1v) is 8.05. The van der Waals surface area contributed by atoms with E-state index in [4.69, 9.17) is 5.11 Å². The maximum absolute atomic E-state index is 12.4. The molecule has 0 radical (unpaired) electrons. The summed E-state index contributed by atoms with van der Waals surface area (Å²) in [6.07, 6.45) is 5.44. The van der Waals surface area contributed by atoms with E-state index in [1.54, 1.807) is 6.20 Å². The number of aromatic nitrogens is 2. The van der Waals surface area contributed by atoms with E-state index in [2.05, 4.69) is 24.3 Å². The van der Waals surface area contributed by atoms with Gasteiger partial charge in [0.1, 0.15) is 0 Å². The minimum Gasteiger partial charge on any atom is -0.481 e. The maximum atomic E-state index is 12.4. The Labute approximate surface area is 130 Å². The molecule has 2 rings (SSSR count). The van der Waals surface area contributed by atoms with Gasteiger partial charge in [0.15, 0.2) is 0 Å². The summed E-state index contributed by atoms with van der Waals surface area (Å²) in [6, 6.07) is 0.258. The Morgan fingerprint density at radius 1 is 1.41 bits per heavy atom. The van der Waals surface area contributed by atoms with Gasteiger partial charge in [-0.3, -0.25) is 14.3 Å². The highest BCUT2D eigenvalue weighted by molar-refractivity contribution is 5.95. The highest BCUT2D eigenvalue weighted by Gasteiger charge is 2.31. The molecule has 0 spiro atoms. The standard InChI is InChI=1S/C16H25N3O3/c1-4-13(5-2)19-10(3)14(9-17-19)15(20)18-12-7-6-11(8-12)16(21)22/h9,11-13H,4-8H2,1-3H3,(H,18,20)(H,21,22)/t11-,12+/m1/s1. The fraction of sp³-hybridized carbons (Fsp3) is 0.688. The number of nitrogens with one attached hydrogen (secondary N) is 1. The van der Waals surface area contributed by atoms with E-state index >= 15 is 0 Å². The number of amides is 1. The molecule has 6 nitrogen and oxygen atoms in total. The van der Waals surface area contributed by atoms with E-state index in [1.807, 2.05) is 11.6 Å². The van der Waals surface area contributed by atoms with Crippen LogP contribution in [-0.2, 0) is 4.79 Å². The van der Waals surface area contributed by atoms with Gasteiger partial charge in [-0.25, -0.2) is 0 Å². The molecular formula is C16H25N3O3. The first kappa shape index (κ1) is 16.5. The smallest absolute Gasteiger partial charge is 0.306 e. The summed E-state index contributed by atoms with van der Waals surface area (Å²) < 4.78 is 1.92. The molecule has 0 bridgehead atoms. The molecule has 1 amide bonds. The summed E-state index contributed by atoms with van der Waals surface area (Å²) >= 11 is 0. The van der Waals surface area contributed by atoms with E-state index in [9.17, 15) is 9.59 Å². The van der Waals surface area contributed by atoms with Gasteiger partial charge in [0, 0.05) is 11.7 Å². The van der Waals surface area contributed by atoms with E-state index in [1.165, 1.54) is 0 Å². The van der Waals surface area contributed by atoms with Crippen LogP contribution in [0.5, 0.6) is 0 Å². The molecule has 1 aliphatic rings. The fourth-order valence-corrected chi connectivity index (χ4v) is 3.25. The van der Waals surface area contributed by atoms with E-state index in [0.29, 0.717) is 24.4 Å². The van der Waals surface area contributed by atoms with Gasteiger partial charge in [-0.2, -0.15) is 5.10 Å². The molecule has 2 atom stereocenters. The van der Waals surface area contributed by atoms with E-state index in [0.717, 1.165) is 25.0 Å². The van der Waals surface area contributed by atoms with Crippen molar-refractivity contribution in [3.05, 3.63) is 17.5 Å². The van der Waals surface area contributed by atoms with Crippen LogP contribution in [0.4, 0.5) is 0 Å². The fourth-order valence-electron chi connectivity index (χ4n) is 3.25. The third kappa shape index (κ3) is 3.31. The Kier molecular flexibility index (Phi) is 5.21. The Bertz CT molecular complexity index is 549. The largest absolute Gasteiger partial charge is 0.481 e. The summed E-state index contributed by atoms with van der Waals surface area (Å²) in [6.45, 7) is 6.13.